The third-order valence-corrected chi connectivity index (χ3v) is 3.24. The average Bonchev–Trinajstić information content (AvgIpc) is 2.76. The molecule has 2 aliphatic rings. The predicted octanol–water partition coefficient (Wildman–Crippen LogP) is 3.01. The minimum atomic E-state index is -0.751. The molecule has 0 aromatic heterocycles. The Bertz CT molecular complexity index is 702. The number of para-hydroxylation sites is 1. The van der Waals surface area contributed by atoms with Gasteiger partial charge in [0.1, 0.15) is 0 Å². The zero-order chi connectivity index (χ0) is 13.2. The number of hydrogen-bond donors (Lipinski definition) is 1. The van der Waals surface area contributed by atoms with E-state index in [-0.39, 0.29) is 6.42 Å². The summed E-state index contributed by atoms with van der Waals surface area (Å²) in [6, 6.07) is 10.1. The summed E-state index contributed by atoms with van der Waals surface area (Å²) in [5, 5.41) is 9.80. The van der Waals surface area contributed by atoms with Gasteiger partial charge in [0.05, 0.1) is 11.2 Å². The highest BCUT2D eigenvalue weighted by molar-refractivity contribution is 5.96. The number of benzene rings is 1. The molecular formula is C15H14N2O2. The van der Waals surface area contributed by atoms with Gasteiger partial charge in [0.25, 0.3) is 0 Å². The van der Waals surface area contributed by atoms with E-state index in [2.05, 4.69) is 11.1 Å². The van der Waals surface area contributed by atoms with Crippen molar-refractivity contribution in [3.05, 3.63) is 42.7 Å². The first-order chi connectivity index (χ1) is 9.24. The van der Waals surface area contributed by atoms with E-state index in [0.717, 1.165) is 22.2 Å². The first-order valence-corrected chi connectivity index (χ1v) is 6.30. The summed E-state index contributed by atoms with van der Waals surface area (Å²) in [4.78, 5) is 15.1. The maximum atomic E-state index is 10.5. The number of hydrogen-bond acceptors (Lipinski definition) is 2. The Labute approximate surface area is 110 Å². The second-order valence-electron chi connectivity index (χ2n) is 4.61. The number of pyridine rings is 1. The molecule has 1 aromatic carbocycles. The number of carboxylic acids is 1. The molecule has 1 aromatic rings. The van der Waals surface area contributed by atoms with Crippen molar-refractivity contribution in [2.75, 3.05) is 0 Å². The van der Waals surface area contributed by atoms with E-state index < -0.39 is 5.97 Å². The molecule has 0 aliphatic carbocycles. The van der Waals surface area contributed by atoms with Gasteiger partial charge in [-0.1, -0.05) is 18.2 Å². The monoisotopic (exact) mass is 254 g/mol. The zero-order valence-corrected chi connectivity index (χ0v) is 10.4. The summed E-state index contributed by atoms with van der Waals surface area (Å²) in [7, 11) is 0. The fraction of sp³-hybridized carbons (Fsp3) is 0.200. The molecule has 0 bridgehead atoms. The van der Waals surface area contributed by atoms with Gasteiger partial charge in [0, 0.05) is 36.3 Å². The van der Waals surface area contributed by atoms with Crippen molar-refractivity contribution in [3.63, 3.8) is 0 Å². The van der Waals surface area contributed by atoms with Crippen molar-refractivity contribution in [1.82, 2.24) is 9.55 Å². The van der Waals surface area contributed by atoms with E-state index in [1.807, 2.05) is 41.2 Å². The molecule has 1 N–H and O–H groups in total. The molecule has 96 valence electrons. The Morgan fingerprint density at radius 3 is 2.95 bits per heavy atom. The SMILES string of the molecule is O=C(O)CCCn1ccc2c3ccccc3nc-2c1. The largest absolute Gasteiger partial charge is 0.481 e. The van der Waals surface area contributed by atoms with Crippen molar-refractivity contribution in [1.29, 1.82) is 0 Å². The van der Waals surface area contributed by atoms with Crippen LogP contribution in [0.25, 0.3) is 22.2 Å². The van der Waals surface area contributed by atoms with E-state index in [4.69, 9.17) is 5.11 Å². The van der Waals surface area contributed by atoms with Crippen LogP contribution in [0.2, 0.25) is 0 Å². The summed E-state index contributed by atoms with van der Waals surface area (Å²) in [5.74, 6) is -0.751. The first kappa shape index (κ1) is 11.7. The molecule has 0 unspecified atom stereocenters. The maximum Gasteiger partial charge on any atom is 0.303 e. The van der Waals surface area contributed by atoms with Crippen molar-refractivity contribution < 1.29 is 9.90 Å². The lowest BCUT2D eigenvalue weighted by molar-refractivity contribution is -0.137. The van der Waals surface area contributed by atoms with Gasteiger partial charge in [-0.3, -0.25) is 4.79 Å². The van der Waals surface area contributed by atoms with Crippen LogP contribution >= 0.6 is 0 Å². The normalized spacial score (nSPS) is 11.2. The van der Waals surface area contributed by atoms with Crippen LogP contribution in [0.5, 0.6) is 0 Å². The number of nitrogens with zero attached hydrogens (tertiary/aromatic N) is 2. The van der Waals surface area contributed by atoms with Gasteiger partial charge in [0.15, 0.2) is 0 Å². The van der Waals surface area contributed by atoms with Gasteiger partial charge in [-0.05, 0) is 18.6 Å². The standard InChI is InChI=1S/C15H14N2O2/c18-15(19)6-3-8-17-9-7-12-11-4-1-2-5-13(11)16-14(12)10-17/h1-2,4-5,7,9-10H,3,6,8H2,(H,18,19). The molecule has 0 saturated heterocycles. The number of fused-ring (bicyclic) bond motifs is 3. The average molecular weight is 254 g/mol. The van der Waals surface area contributed by atoms with E-state index in [9.17, 15) is 4.79 Å². The number of carbonyl (C=O) groups is 1. The van der Waals surface area contributed by atoms with Gasteiger partial charge in [-0.2, -0.15) is 0 Å². The highest BCUT2D eigenvalue weighted by Crippen LogP contribution is 2.30. The Hall–Kier alpha value is -2.36. The van der Waals surface area contributed by atoms with E-state index in [1.54, 1.807) is 0 Å². The van der Waals surface area contributed by atoms with Crippen LogP contribution in [0.15, 0.2) is 42.7 Å². The smallest absolute Gasteiger partial charge is 0.303 e. The molecule has 0 radical (unpaired) electrons. The lowest BCUT2D eigenvalue weighted by atomic mass is 10.1. The van der Waals surface area contributed by atoms with Crippen molar-refractivity contribution in [2.45, 2.75) is 19.4 Å². The fourth-order valence-corrected chi connectivity index (χ4v) is 2.32. The number of carboxylic acid groups (broad SMARTS) is 1. The molecule has 2 aliphatic heterocycles. The molecule has 0 spiro atoms. The molecule has 0 amide bonds. The van der Waals surface area contributed by atoms with Crippen LogP contribution in [0.4, 0.5) is 0 Å². The molecule has 3 rings (SSSR count). The summed E-state index contributed by atoms with van der Waals surface area (Å²) in [6.07, 6.45) is 4.79. The third kappa shape index (κ3) is 2.29. The molecule has 2 heterocycles. The van der Waals surface area contributed by atoms with Gasteiger partial charge in [-0.25, -0.2) is 4.98 Å². The van der Waals surface area contributed by atoms with Crippen molar-refractivity contribution in [3.8, 4) is 11.3 Å². The Balaban J connectivity index is 1.91. The third-order valence-electron chi connectivity index (χ3n) is 3.24. The van der Waals surface area contributed by atoms with E-state index in [0.29, 0.717) is 13.0 Å². The second-order valence-corrected chi connectivity index (χ2v) is 4.61. The molecule has 4 heteroatoms. The van der Waals surface area contributed by atoms with E-state index >= 15 is 0 Å². The first-order valence-electron chi connectivity index (χ1n) is 6.30. The Morgan fingerprint density at radius 1 is 1.26 bits per heavy atom. The van der Waals surface area contributed by atoms with Crippen molar-refractivity contribution in [2.24, 2.45) is 0 Å². The van der Waals surface area contributed by atoms with Crippen LogP contribution in [0.3, 0.4) is 0 Å². The number of aliphatic carboxylic acids is 1. The van der Waals surface area contributed by atoms with E-state index in [1.165, 1.54) is 0 Å². The number of aromatic nitrogens is 2. The van der Waals surface area contributed by atoms with Crippen LogP contribution in [-0.2, 0) is 11.3 Å². The Morgan fingerprint density at radius 2 is 2.11 bits per heavy atom. The van der Waals surface area contributed by atoms with Crippen LogP contribution in [0.1, 0.15) is 12.8 Å². The minimum Gasteiger partial charge on any atom is -0.481 e. The quantitative estimate of drug-likeness (QED) is 0.778. The molecule has 4 nitrogen and oxygen atoms in total. The minimum absolute atomic E-state index is 0.196. The summed E-state index contributed by atoms with van der Waals surface area (Å²) < 4.78 is 2.00. The van der Waals surface area contributed by atoms with Gasteiger partial charge in [-0.15, -0.1) is 0 Å². The topological polar surface area (TPSA) is 55.1 Å². The highest BCUT2D eigenvalue weighted by atomic mass is 16.4. The predicted molar refractivity (Wildman–Crippen MR) is 73.2 cm³/mol. The molecular weight excluding hydrogens is 240 g/mol. The molecule has 0 saturated carbocycles. The lowest BCUT2D eigenvalue weighted by Crippen LogP contribution is -2.02. The fourth-order valence-electron chi connectivity index (χ4n) is 2.32. The van der Waals surface area contributed by atoms with Crippen LogP contribution < -0.4 is 0 Å². The molecule has 0 atom stereocenters. The summed E-state index contributed by atoms with van der Waals surface area (Å²) in [6.45, 7) is 0.700. The molecule has 0 fully saturated rings. The summed E-state index contributed by atoms with van der Waals surface area (Å²) >= 11 is 0. The highest BCUT2D eigenvalue weighted by Gasteiger charge is 2.11. The number of rotatable bonds is 4. The van der Waals surface area contributed by atoms with Crippen molar-refractivity contribution >= 4 is 16.9 Å². The molecule has 19 heavy (non-hydrogen) atoms. The second kappa shape index (κ2) is 4.72. The lowest BCUT2D eigenvalue weighted by Gasteiger charge is -2.07. The van der Waals surface area contributed by atoms with Crippen LogP contribution in [-0.4, -0.2) is 20.6 Å². The zero-order valence-electron chi connectivity index (χ0n) is 10.4. The van der Waals surface area contributed by atoms with Gasteiger partial charge < -0.3 is 9.67 Å². The number of aryl methyl sites for hydroxylation is 1. The maximum absolute atomic E-state index is 10.5. The van der Waals surface area contributed by atoms with Gasteiger partial charge in [0.2, 0.25) is 0 Å². The Kier molecular flexibility index (Phi) is 2.91. The van der Waals surface area contributed by atoms with Gasteiger partial charge >= 0.3 is 5.97 Å². The van der Waals surface area contributed by atoms with Crippen LogP contribution in [0, 0.1) is 0 Å². The summed E-state index contributed by atoms with van der Waals surface area (Å²) in [5.41, 5.74) is 3.10.